The van der Waals surface area contributed by atoms with E-state index < -0.39 is 0 Å². The maximum absolute atomic E-state index is 2.57. The van der Waals surface area contributed by atoms with E-state index in [1.165, 1.54) is 185 Å². The number of hydrogen-bond donors (Lipinski definition) is 0. The van der Waals surface area contributed by atoms with Gasteiger partial charge in [-0.3, -0.25) is 0 Å². The molecule has 0 aliphatic heterocycles. The number of hydrogen-bond acceptors (Lipinski definition) is 0. The van der Waals surface area contributed by atoms with E-state index in [4.69, 9.17) is 0 Å². The Bertz CT molecular complexity index is 5170. The first-order chi connectivity index (χ1) is 41.7. The lowest BCUT2D eigenvalue weighted by Crippen LogP contribution is -2.17. The second-order valence-corrected chi connectivity index (χ2v) is 31.6. The van der Waals surface area contributed by atoms with Crippen LogP contribution in [-0.2, 0) is 32.5 Å². The average molecular weight is 1140 g/mol. The number of rotatable bonds is 4. The molecule has 0 atom stereocenters. The van der Waals surface area contributed by atoms with Crippen molar-refractivity contribution >= 4 is 32.3 Å². The van der Waals surface area contributed by atoms with Gasteiger partial charge in [-0.15, -0.1) is 0 Å². The molecule has 4 aliphatic carbocycles. The van der Waals surface area contributed by atoms with Gasteiger partial charge in [-0.05, 0) is 219 Å². The molecule has 0 spiro atoms. The van der Waals surface area contributed by atoms with Crippen molar-refractivity contribution in [3.8, 4) is 66.8 Å². The maximum Gasteiger partial charge on any atom is 0.0159 e. The minimum atomic E-state index is -0.161. The molecule has 0 heteroatoms. The van der Waals surface area contributed by atoms with Crippen molar-refractivity contribution in [2.24, 2.45) is 0 Å². The highest BCUT2D eigenvalue weighted by molar-refractivity contribution is 6.10. The van der Waals surface area contributed by atoms with Crippen molar-refractivity contribution in [2.45, 2.75) is 143 Å². The van der Waals surface area contributed by atoms with Crippen LogP contribution in [0.2, 0.25) is 0 Å². The van der Waals surface area contributed by atoms with Gasteiger partial charge in [0.15, 0.2) is 0 Å². The molecule has 0 aromatic heterocycles. The lowest BCUT2D eigenvalue weighted by molar-refractivity contribution is 0.568. The number of benzene rings is 12. The van der Waals surface area contributed by atoms with Gasteiger partial charge in [-0.2, -0.15) is 0 Å². The van der Waals surface area contributed by atoms with Crippen molar-refractivity contribution in [3.63, 3.8) is 0 Å². The van der Waals surface area contributed by atoms with Crippen LogP contribution in [0, 0.1) is 41.7 Å². The highest BCUT2D eigenvalue weighted by Crippen LogP contribution is 2.54. The summed E-state index contributed by atoms with van der Waals surface area (Å²) in [4.78, 5) is 0. The van der Waals surface area contributed by atoms with Crippen molar-refractivity contribution in [1.82, 2.24) is 0 Å². The topological polar surface area (TPSA) is 0 Å². The average Bonchev–Trinajstić information content (AvgIpc) is 1.49. The molecule has 12 aromatic rings. The van der Waals surface area contributed by atoms with Crippen LogP contribution in [-0.4, -0.2) is 0 Å². The Balaban J connectivity index is 1.14. The SMILES string of the molecule is CC(C)(C)c1cc(-c2c3c(c(-c4cc(C(C)(C)C)cc(C(C)(C)C)c4)c4ccccc24)=c2ccc4c5c(ccc=3c25)=c2c(-c3ccc5c(c3)C(C)(C)c3ccccc3-5)c3ccccc3c(-c3ccc5c(c3)C(C)(C)c3ccccc3-5)c2=4)cc(C(C)(C)C)c1. The van der Waals surface area contributed by atoms with Crippen molar-refractivity contribution in [1.29, 1.82) is 0 Å². The lowest BCUT2D eigenvalue weighted by Gasteiger charge is -2.28. The highest BCUT2D eigenvalue weighted by Gasteiger charge is 2.38. The van der Waals surface area contributed by atoms with Gasteiger partial charge >= 0.3 is 0 Å². The van der Waals surface area contributed by atoms with Crippen LogP contribution < -0.4 is 0 Å². The van der Waals surface area contributed by atoms with E-state index in [0.29, 0.717) is 0 Å². The molecule has 0 saturated heterocycles. The summed E-state index contributed by atoms with van der Waals surface area (Å²) in [5.74, 6) is 0. The van der Waals surface area contributed by atoms with Gasteiger partial charge in [0.25, 0.3) is 0 Å². The first-order valence-electron chi connectivity index (χ1n) is 32.3. The molecule has 88 heavy (non-hydrogen) atoms. The molecule has 12 aromatic carbocycles. The molecule has 0 radical (unpaired) electrons. The Morgan fingerprint density at radius 3 is 0.795 bits per heavy atom. The molecular formula is C88H80. The van der Waals surface area contributed by atoms with Gasteiger partial charge in [0.1, 0.15) is 0 Å². The summed E-state index contributed by atoms with van der Waals surface area (Å²) in [6.45, 7) is 38.2. The monoisotopic (exact) mass is 1140 g/mol. The van der Waals surface area contributed by atoms with E-state index in [9.17, 15) is 0 Å². The first-order valence-corrected chi connectivity index (χ1v) is 32.3. The van der Waals surface area contributed by atoms with Crippen LogP contribution in [0.4, 0.5) is 0 Å². The minimum Gasteiger partial charge on any atom is -0.0619 e. The molecule has 432 valence electrons. The second kappa shape index (κ2) is 18.0. The Morgan fingerprint density at radius 2 is 0.500 bits per heavy atom. The summed E-state index contributed by atoms with van der Waals surface area (Å²) in [6.07, 6.45) is 0. The summed E-state index contributed by atoms with van der Waals surface area (Å²) in [5, 5.41) is 18.5. The van der Waals surface area contributed by atoms with E-state index in [1.54, 1.807) is 0 Å². The standard InChI is InChI=1S/C88H80/c1-83(2,3)53-41-51(42-54(47-53)84(4,5)6)75-63-29-19-20-30-64(63)76(52-43-55(85(7,8)9)48-56(44-52)86(10,11)12)82-68-40-38-66-77-65(37-39-67(78(68)77)81(75)82)79-73(49-33-35-59-57-25-21-23-31-69(57)87(13,14)71(59)45-49)61-27-17-18-28-62(61)74(80(66)79)50-34-36-60-58-26-22-24-32-70(58)88(15,16)72(60)46-50/h17-48H,1-16H3. The fraction of sp³-hybridized carbons (Fsp3) is 0.250. The van der Waals surface area contributed by atoms with Crippen LogP contribution in [0.15, 0.2) is 194 Å². The van der Waals surface area contributed by atoms with Gasteiger partial charge in [0.05, 0.1) is 0 Å². The minimum absolute atomic E-state index is 0.0704. The van der Waals surface area contributed by atoms with E-state index in [2.05, 4.69) is 305 Å². The molecule has 16 rings (SSSR count). The Hall–Kier alpha value is -8.58. The lowest BCUT2D eigenvalue weighted by atomic mass is 9.77. The smallest absolute Gasteiger partial charge is 0.0159 e. The van der Waals surface area contributed by atoms with Crippen LogP contribution in [0.25, 0.3) is 99.1 Å². The van der Waals surface area contributed by atoms with Gasteiger partial charge < -0.3 is 0 Å². The fourth-order valence-electron chi connectivity index (χ4n) is 16.5. The largest absolute Gasteiger partial charge is 0.0619 e. The predicted molar refractivity (Wildman–Crippen MR) is 374 cm³/mol. The third-order valence-electron chi connectivity index (χ3n) is 21.3. The summed E-state index contributed by atoms with van der Waals surface area (Å²) < 4.78 is 0. The van der Waals surface area contributed by atoms with Crippen LogP contribution >= 0.6 is 0 Å². The van der Waals surface area contributed by atoms with E-state index in [1.807, 2.05) is 0 Å². The molecule has 0 nitrogen and oxygen atoms in total. The molecule has 0 N–H and O–H groups in total. The quantitative estimate of drug-likeness (QED) is 0.165. The van der Waals surface area contributed by atoms with E-state index >= 15 is 0 Å². The molecule has 0 heterocycles. The van der Waals surface area contributed by atoms with Crippen LogP contribution in [0.5, 0.6) is 0 Å². The molecule has 0 unspecified atom stereocenters. The van der Waals surface area contributed by atoms with Gasteiger partial charge in [-0.25, -0.2) is 0 Å². The molecular weight excluding hydrogens is 1060 g/mol. The summed E-state index contributed by atoms with van der Waals surface area (Å²) in [6, 6.07) is 77.2. The second-order valence-electron chi connectivity index (χ2n) is 31.6. The molecule has 0 bridgehead atoms. The highest BCUT2D eigenvalue weighted by atomic mass is 14.4. The zero-order chi connectivity index (χ0) is 61.3. The summed E-state index contributed by atoms with van der Waals surface area (Å²) in [5.41, 5.74) is 26.2. The van der Waals surface area contributed by atoms with Crippen molar-refractivity contribution < 1.29 is 0 Å². The Morgan fingerprint density at radius 1 is 0.239 bits per heavy atom. The van der Waals surface area contributed by atoms with E-state index in [-0.39, 0.29) is 32.5 Å². The fourth-order valence-corrected chi connectivity index (χ4v) is 16.5. The van der Waals surface area contributed by atoms with Gasteiger partial charge in [-0.1, -0.05) is 293 Å². The predicted octanol–water partition coefficient (Wildman–Crippen LogP) is 23.4. The zero-order valence-corrected chi connectivity index (χ0v) is 54.5. The summed E-state index contributed by atoms with van der Waals surface area (Å²) >= 11 is 0. The molecule has 0 saturated carbocycles. The van der Waals surface area contributed by atoms with Crippen LogP contribution in [0.3, 0.4) is 0 Å². The van der Waals surface area contributed by atoms with Gasteiger partial charge in [0, 0.05) is 10.8 Å². The molecule has 0 fully saturated rings. The summed E-state index contributed by atoms with van der Waals surface area (Å²) in [7, 11) is 0. The Labute approximate surface area is 519 Å². The zero-order valence-electron chi connectivity index (χ0n) is 54.5. The number of fused-ring (bicyclic) bond motifs is 10. The third kappa shape index (κ3) is 7.63. The maximum atomic E-state index is 2.57. The molecule has 4 aliphatic rings. The van der Waals surface area contributed by atoms with Crippen molar-refractivity contribution in [2.75, 3.05) is 0 Å². The van der Waals surface area contributed by atoms with Crippen LogP contribution in [0.1, 0.15) is 155 Å². The molecule has 0 amide bonds. The first kappa shape index (κ1) is 54.8. The normalized spacial score (nSPS) is 14.8. The van der Waals surface area contributed by atoms with Crippen molar-refractivity contribution in [3.05, 3.63) is 280 Å². The van der Waals surface area contributed by atoms with Gasteiger partial charge in [0.2, 0.25) is 0 Å². The Kier molecular flexibility index (Phi) is 11.2. The van der Waals surface area contributed by atoms with E-state index in [0.717, 1.165) is 0 Å². The third-order valence-corrected chi connectivity index (χ3v) is 21.3.